The van der Waals surface area contributed by atoms with Gasteiger partial charge in [-0.25, -0.2) is 9.48 Å². The second kappa shape index (κ2) is 12.4. The fourth-order valence-corrected chi connectivity index (χ4v) is 4.32. The molecule has 0 bridgehead atoms. The van der Waals surface area contributed by atoms with Crippen LogP contribution in [0, 0.1) is 0 Å². The van der Waals surface area contributed by atoms with Crippen LogP contribution in [0.3, 0.4) is 0 Å². The molecular weight excluding hydrogens is 508 g/mol. The van der Waals surface area contributed by atoms with Crippen molar-refractivity contribution in [3.05, 3.63) is 69.5 Å². The molecule has 2 N–H and O–H groups in total. The summed E-state index contributed by atoms with van der Waals surface area (Å²) in [6.45, 7) is 14.3. The Bertz CT molecular complexity index is 1400. The van der Waals surface area contributed by atoms with Crippen molar-refractivity contribution in [2.75, 3.05) is 18.5 Å². The molecule has 0 atom stereocenters. The summed E-state index contributed by atoms with van der Waals surface area (Å²) in [6, 6.07) is 12.5. The van der Waals surface area contributed by atoms with E-state index in [-0.39, 0.29) is 23.1 Å². The molecule has 3 aromatic rings. The van der Waals surface area contributed by atoms with Crippen molar-refractivity contribution in [2.24, 2.45) is 7.05 Å². The van der Waals surface area contributed by atoms with Gasteiger partial charge in [-0.1, -0.05) is 53.7 Å². The van der Waals surface area contributed by atoms with E-state index in [9.17, 15) is 19.5 Å². The van der Waals surface area contributed by atoms with E-state index in [4.69, 9.17) is 4.74 Å². The lowest BCUT2D eigenvalue weighted by Gasteiger charge is -2.30. The minimum absolute atomic E-state index is 0.0229. The van der Waals surface area contributed by atoms with Gasteiger partial charge < -0.3 is 20.5 Å². The van der Waals surface area contributed by atoms with E-state index in [0.29, 0.717) is 30.9 Å². The Hall–Kier alpha value is -4.01. The molecule has 2 aromatic carbocycles. The average molecular weight is 550 g/mol. The van der Waals surface area contributed by atoms with Gasteiger partial charge in [0.15, 0.2) is 6.29 Å². The highest BCUT2D eigenvalue weighted by atomic mass is 16.5. The monoisotopic (exact) mass is 549 g/mol. The number of aromatic nitrogens is 2. The van der Waals surface area contributed by atoms with Crippen LogP contribution in [-0.2, 0) is 17.9 Å². The number of hydrogen-bond acceptors (Lipinski definition) is 5. The molecule has 1 aromatic heterocycles. The Balaban J connectivity index is 1.55. The van der Waals surface area contributed by atoms with Gasteiger partial charge in [0.05, 0.1) is 17.9 Å². The van der Waals surface area contributed by atoms with Crippen LogP contribution in [0.2, 0.25) is 0 Å². The summed E-state index contributed by atoms with van der Waals surface area (Å²) in [7, 11) is 1.41. The van der Waals surface area contributed by atoms with Crippen LogP contribution in [0.25, 0.3) is 5.69 Å². The Morgan fingerprint density at radius 2 is 1.68 bits per heavy atom. The van der Waals surface area contributed by atoms with E-state index < -0.39 is 17.0 Å². The number of benzene rings is 2. The van der Waals surface area contributed by atoms with Gasteiger partial charge in [-0.3, -0.25) is 14.3 Å². The molecular formula is C31H41N4O5-. The van der Waals surface area contributed by atoms with E-state index in [1.807, 2.05) is 0 Å². The number of anilines is 1. The highest BCUT2D eigenvalue weighted by Crippen LogP contribution is 2.38. The smallest absolute Gasteiger partial charge is 0.319 e. The number of ether oxygens (including phenoxy) is 1. The molecule has 3 rings (SSSR count). The van der Waals surface area contributed by atoms with Crippen LogP contribution < -0.4 is 26.0 Å². The first-order valence-electron chi connectivity index (χ1n) is 13.7. The minimum Gasteiger partial charge on any atom is -0.858 e. The third-order valence-electron chi connectivity index (χ3n) is 7.86. The number of rotatable bonds is 12. The molecule has 0 aliphatic heterocycles. The normalized spacial score (nSPS) is 11.8. The standard InChI is InChI=1S/C31H42N4O5/c1-8-30(3,4)21-11-16-26(25(19-21)31(5,6)9-2)40-18-10-17-32-29(39)33-22-12-14-23(15-13-22)35-28(38)24(20-36)27(37)34(35)7/h11-16,19-20,37H,8-10,17-18H2,1-7H3,(H2,32,33,39)/p-1. The lowest BCUT2D eigenvalue weighted by Crippen LogP contribution is -2.30. The topological polar surface area (TPSA) is 117 Å². The van der Waals surface area contributed by atoms with E-state index in [1.54, 1.807) is 24.3 Å². The second-order valence-electron chi connectivity index (χ2n) is 11.3. The number of urea groups is 1. The predicted octanol–water partition coefficient (Wildman–Crippen LogP) is 5.03. The van der Waals surface area contributed by atoms with Crippen LogP contribution in [-0.4, -0.2) is 34.8 Å². The number of aldehydes is 1. The largest absolute Gasteiger partial charge is 0.858 e. The second-order valence-corrected chi connectivity index (χ2v) is 11.3. The number of nitrogens with zero attached hydrogens (tertiary/aromatic N) is 2. The molecule has 0 fully saturated rings. The third kappa shape index (κ3) is 6.58. The first-order valence-corrected chi connectivity index (χ1v) is 13.7. The van der Waals surface area contributed by atoms with Crippen molar-refractivity contribution in [3.63, 3.8) is 0 Å². The molecule has 9 heteroatoms. The Kier molecular flexibility index (Phi) is 9.50. The Morgan fingerprint density at radius 1 is 1.02 bits per heavy atom. The summed E-state index contributed by atoms with van der Waals surface area (Å²) < 4.78 is 8.37. The first-order chi connectivity index (χ1) is 18.9. The SMILES string of the molecule is CCC(C)(C)c1ccc(OCCCNC(=O)Nc2ccc(-n3c(=O)c(C=O)c([O-])n3C)cc2)c(C(C)(C)CC)c1. The Labute approximate surface area is 236 Å². The number of carbonyl (C=O) groups excluding carboxylic acids is 2. The van der Waals surface area contributed by atoms with E-state index in [0.717, 1.165) is 28.0 Å². The third-order valence-corrected chi connectivity index (χ3v) is 7.86. The molecule has 1 heterocycles. The first kappa shape index (κ1) is 30.5. The molecule has 0 unspecified atom stereocenters. The summed E-state index contributed by atoms with van der Waals surface area (Å²) in [5.74, 6) is 0.224. The molecule has 0 radical (unpaired) electrons. The van der Waals surface area contributed by atoms with Crippen molar-refractivity contribution in [2.45, 2.75) is 71.6 Å². The van der Waals surface area contributed by atoms with Gasteiger partial charge >= 0.3 is 6.03 Å². The molecule has 40 heavy (non-hydrogen) atoms. The highest BCUT2D eigenvalue weighted by molar-refractivity contribution is 5.89. The van der Waals surface area contributed by atoms with Crippen molar-refractivity contribution in [3.8, 4) is 17.3 Å². The molecule has 0 aliphatic rings. The number of hydrogen-bond donors (Lipinski definition) is 2. The van der Waals surface area contributed by atoms with Crippen LogP contribution in [0.15, 0.2) is 47.3 Å². The van der Waals surface area contributed by atoms with Crippen molar-refractivity contribution < 1.29 is 19.4 Å². The van der Waals surface area contributed by atoms with Crippen LogP contribution in [0.4, 0.5) is 10.5 Å². The van der Waals surface area contributed by atoms with Gasteiger partial charge in [-0.2, -0.15) is 0 Å². The van der Waals surface area contributed by atoms with Gasteiger partial charge in [0.2, 0.25) is 0 Å². The molecule has 0 saturated carbocycles. The summed E-state index contributed by atoms with van der Waals surface area (Å²) in [5.41, 5.74) is 2.39. The summed E-state index contributed by atoms with van der Waals surface area (Å²) in [4.78, 5) is 35.8. The Morgan fingerprint density at radius 3 is 2.25 bits per heavy atom. The van der Waals surface area contributed by atoms with Gasteiger partial charge in [0, 0.05) is 24.8 Å². The van der Waals surface area contributed by atoms with Crippen LogP contribution in [0.1, 0.15) is 82.3 Å². The van der Waals surface area contributed by atoms with Crippen molar-refractivity contribution in [1.29, 1.82) is 0 Å². The zero-order valence-corrected chi connectivity index (χ0v) is 24.6. The average Bonchev–Trinajstić information content (AvgIpc) is 3.15. The maximum atomic E-state index is 12.4. The van der Waals surface area contributed by atoms with Crippen LogP contribution in [0.5, 0.6) is 11.6 Å². The maximum Gasteiger partial charge on any atom is 0.319 e. The molecule has 9 nitrogen and oxygen atoms in total. The van der Waals surface area contributed by atoms with Crippen molar-refractivity contribution >= 4 is 18.0 Å². The molecule has 0 spiro atoms. The molecule has 2 amide bonds. The number of carbonyl (C=O) groups is 2. The molecule has 216 valence electrons. The van der Waals surface area contributed by atoms with Gasteiger partial charge in [-0.05, 0) is 71.9 Å². The van der Waals surface area contributed by atoms with Gasteiger partial charge in [0.25, 0.3) is 5.56 Å². The fraction of sp³-hybridized carbons (Fsp3) is 0.452. The van der Waals surface area contributed by atoms with E-state index >= 15 is 0 Å². The van der Waals surface area contributed by atoms with Crippen LogP contribution >= 0.6 is 0 Å². The number of amides is 2. The van der Waals surface area contributed by atoms with Gasteiger partial charge in [-0.15, -0.1) is 0 Å². The van der Waals surface area contributed by atoms with E-state index in [2.05, 4.69) is 70.4 Å². The summed E-state index contributed by atoms with van der Waals surface area (Å²) in [5, 5.41) is 17.6. The number of nitrogens with one attached hydrogen (secondary N) is 2. The highest BCUT2D eigenvalue weighted by Gasteiger charge is 2.26. The van der Waals surface area contributed by atoms with E-state index in [1.165, 1.54) is 18.2 Å². The fourth-order valence-electron chi connectivity index (χ4n) is 4.32. The molecule has 0 saturated heterocycles. The zero-order chi connectivity index (χ0) is 29.7. The lowest BCUT2D eigenvalue weighted by atomic mass is 9.76. The zero-order valence-electron chi connectivity index (χ0n) is 24.6. The maximum absolute atomic E-state index is 12.4. The minimum atomic E-state index is -0.686. The summed E-state index contributed by atoms with van der Waals surface area (Å²) >= 11 is 0. The van der Waals surface area contributed by atoms with Crippen molar-refractivity contribution in [1.82, 2.24) is 14.7 Å². The van der Waals surface area contributed by atoms with Gasteiger partial charge in [0.1, 0.15) is 5.75 Å². The molecule has 0 aliphatic carbocycles. The lowest BCUT2D eigenvalue weighted by molar-refractivity contribution is -0.279. The quantitative estimate of drug-likeness (QED) is 0.243. The summed E-state index contributed by atoms with van der Waals surface area (Å²) in [6.07, 6.45) is 2.94. The predicted molar refractivity (Wildman–Crippen MR) is 156 cm³/mol.